The number of thiazole rings is 1. The van der Waals surface area contributed by atoms with Crippen molar-refractivity contribution in [3.05, 3.63) is 100 Å². The molecule has 0 saturated carbocycles. The summed E-state index contributed by atoms with van der Waals surface area (Å²) in [6.07, 6.45) is 4.03. The van der Waals surface area contributed by atoms with E-state index in [-0.39, 0.29) is 29.1 Å². The van der Waals surface area contributed by atoms with Crippen LogP contribution in [-0.2, 0) is 60.9 Å². The van der Waals surface area contributed by atoms with E-state index in [0.717, 1.165) is 49.4 Å². The van der Waals surface area contributed by atoms with Gasteiger partial charge in [-0.25, -0.2) is 15.0 Å². The zero-order valence-electron chi connectivity index (χ0n) is 48.1. The molecule has 0 aliphatic rings. The molecular formula is C58H102N8S. The molecule has 8 nitrogen and oxygen atoms in total. The Morgan fingerprint density at radius 1 is 0.478 bits per heavy atom. The maximum Gasteiger partial charge on any atom is 0.128 e. The second kappa shape index (κ2) is 25.8. The van der Waals surface area contributed by atoms with Crippen molar-refractivity contribution >= 4 is 11.3 Å². The van der Waals surface area contributed by atoms with Crippen molar-refractivity contribution in [3.8, 4) is 0 Å². The highest BCUT2D eigenvalue weighted by molar-refractivity contribution is 7.11. The van der Waals surface area contributed by atoms with Gasteiger partial charge in [0.05, 0.1) is 22.1 Å². The van der Waals surface area contributed by atoms with Crippen LogP contribution in [0.15, 0.2) is 0 Å². The first-order valence-corrected chi connectivity index (χ1v) is 25.7. The molecule has 0 bridgehead atoms. The lowest BCUT2D eigenvalue weighted by atomic mass is 9.81. The van der Waals surface area contributed by atoms with Crippen molar-refractivity contribution in [2.75, 3.05) is 0 Å². The third-order valence-electron chi connectivity index (χ3n) is 12.1. The average Bonchev–Trinajstić information content (AvgIpc) is 3.82. The van der Waals surface area contributed by atoms with Gasteiger partial charge in [0.15, 0.2) is 0 Å². The number of aromatic nitrogens is 8. The van der Waals surface area contributed by atoms with E-state index in [1.165, 1.54) is 83.1 Å². The second-order valence-corrected chi connectivity index (χ2v) is 23.6. The van der Waals surface area contributed by atoms with E-state index < -0.39 is 0 Å². The number of pyridine rings is 1. The van der Waals surface area contributed by atoms with Gasteiger partial charge in [0, 0.05) is 64.6 Å². The van der Waals surface area contributed by atoms with Gasteiger partial charge in [-0.15, -0.1) is 11.3 Å². The predicted octanol–water partition coefficient (Wildman–Crippen LogP) is 16.0. The summed E-state index contributed by atoms with van der Waals surface area (Å²) in [6, 6.07) is 0. The molecule has 5 aromatic rings. The largest absolute Gasteiger partial charge is 0.272 e. The molecule has 0 spiro atoms. The molecule has 0 amide bonds. The lowest BCUT2D eigenvalue weighted by molar-refractivity contribution is 0.570. The summed E-state index contributed by atoms with van der Waals surface area (Å²) in [5, 5.41) is 10.2. The van der Waals surface area contributed by atoms with Crippen molar-refractivity contribution < 1.29 is 0 Å². The molecule has 0 atom stereocenters. The number of aryl methyl sites for hydroxylation is 11. The minimum absolute atomic E-state index is 0. The number of hydrogen-bond donors (Lipinski definition) is 0. The molecule has 0 radical (unpaired) electrons. The van der Waals surface area contributed by atoms with Crippen LogP contribution < -0.4 is 0 Å². The molecular weight excluding hydrogens is 841 g/mol. The fraction of sp³-hybridized carbons (Fsp3) is 0.690. The zero-order valence-corrected chi connectivity index (χ0v) is 48.9. The zero-order chi connectivity index (χ0) is 51.6. The molecule has 0 aliphatic carbocycles. The molecule has 67 heavy (non-hydrogen) atoms. The third kappa shape index (κ3) is 17.3. The highest BCUT2D eigenvalue weighted by Crippen LogP contribution is 2.33. The molecule has 0 saturated heterocycles. The minimum atomic E-state index is 0. The molecule has 5 heterocycles. The first-order chi connectivity index (χ1) is 30.0. The third-order valence-corrected chi connectivity index (χ3v) is 13.8. The molecule has 5 rings (SSSR count). The molecule has 5 aromatic heterocycles. The summed E-state index contributed by atoms with van der Waals surface area (Å²) in [7, 11) is 2.03. The van der Waals surface area contributed by atoms with Crippen LogP contribution >= 0.6 is 11.3 Å². The Morgan fingerprint density at radius 2 is 0.940 bits per heavy atom. The molecule has 0 unspecified atom stereocenters. The Labute approximate surface area is 417 Å². The Morgan fingerprint density at radius 3 is 1.22 bits per heavy atom. The lowest BCUT2D eigenvalue weighted by Crippen LogP contribution is -2.18. The number of rotatable bonds is 6. The standard InChI is InChI=1S/C14H23N.C12H20N2.C11H20N2.C10H18N2.C10H17NS.CH4/c1-8-12-9(2)10(3)13(11(4)15-12)14(5,6)7;1-7-10-13-8(2)11(9(3)14-10)12(4,5)6;1-7-13-9(3)10(8(2)12-13)11(4,5)6;1-6-9-8(4)10(7(2)3)12(5)11-9;1-6-8-11-7(2)9(12-8)10(3,4)5;/h8H2,1-7H3;7H2,1-6H3;7H2,1-6H3;7H,6H2,1-5H3;6H2,1-5H3;1H4. The Bertz CT molecular complexity index is 2280. The minimum Gasteiger partial charge on any atom is -0.272 e. The van der Waals surface area contributed by atoms with Gasteiger partial charge in [-0.3, -0.25) is 14.3 Å². The van der Waals surface area contributed by atoms with Crippen LogP contribution in [-0.4, -0.2) is 39.5 Å². The van der Waals surface area contributed by atoms with Gasteiger partial charge in [0.25, 0.3) is 0 Å². The van der Waals surface area contributed by atoms with E-state index in [2.05, 4.69) is 224 Å². The van der Waals surface area contributed by atoms with Gasteiger partial charge in [-0.2, -0.15) is 10.2 Å². The molecule has 9 heteroatoms. The molecule has 0 N–H and O–H groups in total. The highest BCUT2D eigenvalue weighted by Gasteiger charge is 2.25. The van der Waals surface area contributed by atoms with E-state index in [1.807, 2.05) is 23.1 Å². The average molecular weight is 944 g/mol. The highest BCUT2D eigenvalue weighted by atomic mass is 32.1. The predicted molar refractivity (Wildman–Crippen MR) is 295 cm³/mol. The van der Waals surface area contributed by atoms with Gasteiger partial charge >= 0.3 is 0 Å². The SMILES string of the molecule is C.CCc1nc(C)c(C(C)(C)C)c(C)c1C.CCc1nc(C)c(C(C)(C)C)c(C)n1.CCc1nc(C)c(C(C)(C)C)s1.CCc1nn(C)c(C(C)C)c1C.CCn1nc(C)c(C(C)(C)C)c1C. The molecule has 0 fully saturated rings. The van der Waals surface area contributed by atoms with Crippen LogP contribution in [0.5, 0.6) is 0 Å². The Kier molecular flexibility index (Phi) is 24.3. The van der Waals surface area contributed by atoms with E-state index in [1.54, 1.807) is 0 Å². The summed E-state index contributed by atoms with van der Waals surface area (Å²) < 4.78 is 4.09. The summed E-state index contributed by atoms with van der Waals surface area (Å²) in [6.45, 7) is 62.2. The summed E-state index contributed by atoms with van der Waals surface area (Å²) >= 11 is 1.86. The van der Waals surface area contributed by atoms with Crippen molar-refractivity contribution in [1.82, 2.24) is 39.5 Å². The van der Waals surface area contributed by atoms with Crippen molar-refractivity contribution in [3.63, 3.8) is 0 Å². The van der Waals surface area contributed by atoms with E-state index >= 15 is 0 Å². The van der Waals surface area contributed by atoms with Crippen LogP contribution in [0.25, 0.3) is 0 Å². The van der Waals surface area contributed by atoms with Crippen LogP contribution in [0.2, 0.25) is 0 Å². The summed E-state index contributed by atoms with van der Waals surface area (Å²) in [5.41, 5.74) is 20.1. The molecule has 0 aromatic carbocycles. The lowest BCUT2D eigenvalue weighted by Gasteiger charge is -2.25. The van der Waals surface area contributed by atoms with E-state index in [4.69, 9.17) is 4.98 Å². The van der Waals surface area contributed by atoms with Gasteiger partial charge in [-0.05, 0) is 144 Å². The summed E-state index contributed by atoms with van der Waals surface area (Å²) in [4.78, 5) is 19.7. The monoisotopic (exact) mass is 943 g/mol. The quantitative estimate of drug-likeness (QED) is 0.169. The van der Waals surface area contributed by atoms with Crippen LogP contribution in [0, 0.1) is 62.3 Å². The maximum atomic E-state index is 4.72. The maximum absolute atomic E-state index is 4.72. The molecule has 380 valence electrons. The first kappa shape index (κ1) is 63.3. The van der Waals surface area contributed by atoms with Crippen molar-refractivity contribution in [2.24, 2.45) is 7.05 Å². The number of hydrogen-bond acceptors (Lipinski definition) is 7. The molecule has 0 aliphatic heterocycles. The topological polar surface area (TPSA) is 87.2 Å². The van der Waals surface area contributed by atoms with Crippen LogP contribution in [0.3, 0.4) is 0 Å². The fourth-order valence-electron chi connectivity index (χ4n) is 9.73. The van der Waals surface area contributed by atoms with Crippen LogP contribution in [0.1, 0.15) is 245 Å². The summed E-state index contributed by atoms with van der Waals surface area (Å²) in [5.74, 6) is 1.52. The first-order valence-electron chi connectivity index (χ1n) is 24.9. The Hall–Kier alpha value is -3.72. The fourth-order valence-corrected chi connectivity index (χ4v) is 10.8. The van der Waals surface area contributed by atoms with Gasteiger partial charge in [0.1, 0.15) is 5.82 Å². The second-order valence-electron chi connectivity index (χ2n) is 22.5. The Balaban J connectivity index is 0.000000812. The van der Waals surface area contributed by atoms with Crippen molar-refractivity contribution in [2.45, 2.75) is 261 Å². The van der Waals surface area contributed by atoms with E-state index in [9.17, 15) is 0 Å². The normalized spacial score (nSPS) is 11.7. The van der Waals surface area contributed by atoms with Crippen LogP contribution in [0.4, 0.5) is 0 Å². The number of nitrogens with zero attached hydrogens (tertiary/aromatic N) is 8. The van der Waals surface area contributed by atoms with Gasteiger partial charge in [-0.1, -0.05) is 132 Å². The van der Waals surface area contributed by atoms with Gasteiger partial charge in [0.2, 0.25) is 0 Å². The van der Waals surface area contributed by atoms with Gasteiger partial charge < -0.3 is 0 Å². The van der Waals surface area contributed by atoms with E-state index in [0.29, 0.717) is 5.92 Å². The smallest absolute Gasteiger partial charge is 0.128 e. The van der Waals surface area contributed by atoms with Crippen molar-refractivity contribution in [1.29, 1.82) is 0 Å².